The number of hydrogen-bond donors (Lipinski definition) is 1. The summed E-state index contributed by atoms with van der Waals surface area (Å²) < 4.78 is 18.7. The average Bonchev–Trinajstić information content (AvgIpc) is 3.59. The molecular weight excluding hydrogens is 419 g/mol. The number of methoxy groups -OCH3 is 1. The minimum atomic E-state index is -0.516. The summed E-state index contributed by atoms with van der Waals surface area (Å²) in [6.07, 6.45) is 3.91. The van der Waals surface area contributed by atoms with Crippen LogP contribution in [0.25, 0.3) is 22.3 Å². The number of aromatic nitrogens is 3. The molecule has 33 heavy (non-hydrogen) atoms. The molecule has 2 heterocycles. The Bertz CT molecular complexity index is 1380. The number of benzene rings is 2. The summed E-state index contributed by atoms with van der Waals surface area (Å²) in [4.78, 5) is 26.3. The van der Waals surface area contributed by atoms with Gasteiger partial charge in [0.05, 0.1) is 30.6 Å². The van der Waals surface area contributed by atoms with E-state index in [4.69, 9.17) is 9.72 Å². The maximum Gasteiger partial charge on any atom is 0.252 e. The maximum atomic E-state index is 13.4. The lowest BCUT2D eigenvalue weighted by molar-refractivity contribution is 0.0930. The largest absolute Gasteiger partial charge is 0.497 e. The molecular formula is C26H23FN4O2. The van der Waals surface area contributed by atoms with Crippen molar-refractivity contribution in [1.82, 2.24) is 20.3 Å². The third-order valence-corrected chi connectivity index (χ3v) is 6.13. The lowest BCUT2D eigenvalue weighted by Crippen LogP contribution is -2.35. The van der Waals surface area contributed by atoms with Crippen LogP contribution < -0.4 is 10.1 Å². The number of amides is 1. The summed E-state index contributed by atoms with van der Waals surface area (Å²) in [5.74, 6) is 0.402. The van der Waals surface area contributed by atoms with Gasteiger partial charge in [-0.05, 0) is 68.1 Å². The Morgan fingerprint density at radius 1 is 1.06 bits per heavy atom. The van der Waals surface area contributed by atoms with E-state index < -0.39 is 11.4 Å². The monoisotopic (exact) mass is 442 g/mol. The fraction of sp³-hybridized carbons (Fsp3) is 0.231. The Hall–Kier alpha value is -3.87. The Labute approximate surface area is 190 Å². The summed E-state index contributed by atoms with van der Waals surface area (Å²) in [6, 6.07) is 13.4. The van der Waals surface area contributed by atoms with Crippen molar-refractivity contribution in [2.75, 3.05) is 7.11 Å². The maximum absolute atomic E-state index is 13.4. The molecule has 5 rings (SSSR count). The van der Waals surface area contributed by atoms with E-state index in [1.807, 2.05) is 50.2 Å². The molecule has 0 unspecified atom stereocenters. The van der Waals surface area contributed by atoms with E-state index in [0.29, 0.717) is 17.1 Å². The molecule has 166 valence electrons. The van der Waals surface area contributed by atoms with Crippen molar-refractivity contribution in [2.45, 2.75) is 32.2 Å². The van der Waals surface area contributed by atoms with Gasteiger partial charge in [0.25, 0.3) is 5.91 Å². The second-order valence-corrected chi connectivity index (χ2v) is 8.49. The molecule has 0 bridgehead atoms. The zero-order valence-corrected chi connectivity index (χ0v) is 18.6. The van der Waals surface area contributed by atoms with E-state index >= 15 is 0 Å². The molecule has 0 radical (unpaired) electrons. The Morgan fingerprint density at radius 3 is 2.52 bits per heavy atom. The first-order valence-electron chi connectivity index (χ1n) is 10.8. The molecule has 2 aromatic heterocycles. The first kappa shape index (κ1) is 21.0. The van der Waals surface area contributed by atoms with E-state index in [1.165, 1.54) is 0 Å². The van der Waals surface area contributed by atoms with E-state index in [1.54, 1.807) is 13.2 Å². The molecule has 1 amide bonds. The molecule has 1 fully saturated rings. The van der Waals surface area contributed by atoms with Crippen LogP contribution in [0, 0.1) is 19.7 Å². The number of fused-ring (bicyclic) bond motifs is 1. The molecule has 6 nitrogen and oxygen atoms in total. The Balaban J connectivity index is 1.60. The molecule has 4 aromatic rings. The minimum Gasteiger partial charge on any atom is -0.497 e. The molecule has 1 N–H and O–H groups in total. The zero-order chi connectivity index (χ0) is 23.2. The van der Waals surface area contributed by atoms with Crippen molar-refractivity contribution in [3.8, 4) is 17.1 Å². The molecule has 1 aliphatic carbocycles. The van der Waals surface area contributed by atoms with Crippen molar-refractivity contribution in [1.29, 1.82) is 0 Å². The fourth-order valence-electron chi connectivity index (χ4n) is 4.17. The topological polar surface area (TPSA) is 77.0 Å². The highest BCUT2D eigenvalue weighted by Gasteiger charge is 2.47. The van der Waals surface area contributed by atoms with Gasteiger partial charge in [-0.2, -0.15) is 0 Å². The van der Waals surface area contributed by atoms with Gasteiger partial charge in [-0.25, -0.2) is 14.4 Å². The highest BCUT2D eigenvalue weighted by atomic mass is 19.1. The summed E-state index contributed by atoms with van der Waals surface area (Å²) >= 11 is 0. The van der Waals surface area contributed by atoms with Crippen LogP contribution in [0.4, 0.5) is 4.39 Å². The number of aryl methyl sites for hydroxylation is 2. The van der Waals surface area contributed by atoms with Crippen LogP contribution in [0.2, 0.25) is 0 Å². The lowest BCUT2D eigenvalue weighted by Gasteiger charge is -2.22. The zero-order valence-electron chi connectivity index (χ0n) is 18.6. The first-order chi connectivity index (χ1) is 15.9. The van der Waals surface area contributed by atoms with E-state index in [-0.39, 0.29) is 5.91 Å². The fourth-order valence-corrected chi connectivity index (χ4v) is 4.17. The number of ether oxygens (including phenoxy) is 1. The summed E-state index contributed by atoms with van der Waals surface area (Å²) in [5, 5.41) is 4.23. The van der Waals surface area contributed by atoms with Crippen LogP contribution in [0.3, 0.4) is 0 Å². The standard InChI is InChI=1S/C26H23FN4O2/c1-15-4-6-19(33-3)12-21(15)25(32)31-26(8-9-26)22-10-17(24-28-13-18(27)14-29-24)11-23-20(22)7-5-16(2)30-23/h4-7,10-14H,8-9H2,1-3H3,(H,31,32). The number of carbonyl (C=O) groups excluding carboxylic acids is 1. The number of hydrogen-bond acceptors (Lipinski definition) is 5. The number of rotatable bonds is 5. The van der Waals surface area contributed by atoms with E-state index in [9.17, 15) is 9.18 Å². The third-order valence-electron chi connectivity index (χ3n) is 6.13. The quantitative estimate of drug-likeness (QED) is 0.477. The van der Waals surface area contributed by atoms with Gasteiger partial charge in [-0.1, -0.05) is 12.1 Å². The van der Waals surface area contributed by atoms with Gasteiger partial charge in [0.2, 0.25) is 0 Å². The third kappa shape index (κ3) is 3.91. The molecule has 0 atom stereocenters. The molecule has 1 saturated carbocycles. The van der Waals surface area contributed by atoms with Gasteiger partial charge in [0.1, 0.15) is 5.75 Å². The van der Waals surface area contributed by atoms with Crippen LogP contribution in [-0.4, -0.2) is 28.0 Å². The second kappa shape index (κ2) is 7.92. The van der Waals surface area contributed by atoms with Crippen molar-refractivity contribution < 1.29 is 13.9 Å². The van der Waals surface area contributed by atoms with Gasteiger partial charge in [0, 0.05) is 22.2 Å². The van der Waals surface area contributed by atoms with Crippen LogP contribution in [0.1, 0.15) is 40.0 Å². The van der Waals surface area contributed by atoms with Crippen LogP contribution in [0.5, 0.6) is 5.75 Å². The van der Waals surface area contributed by atoms with Gasteiger partial charge in [-0.3, -0.25) is 9.78 Å². The molecule has 7 heteroatoms. The number of nitrogens with zero attached hydrogens (tertiary/aromatic N) is 3. The normalized spacial score (nSPS) is 14.2. The lowest BCUT2D eigenvalue weighted by atomic mass is 9.95. The summed E-state index contributed by atoms with van der Waals surface area (Å²) in [6.45, 7) is 3.84. The number of carbonyl (C=O) groups is 1. The van der Waals surface area contributed by atoms with Crippen molar-refractivity contribution >= 4 is 16.8 Å². The van der Waals surface area contributed by atoms with Crippen LogP contribution >= 0.6 is 0 Å². The summed E-state index contributed by atoms with van der Waals surface area (Å²) in [5.41, 5.74) is 4.30. The SMILES string of the molecule is COc1ccc(C)c(C(=O)NC2(c3cc(-c4ncc(F)cn4)cc4nc(C)ccc34)CC2)c1. The van der Waals surface area contributed by atoms with Gasteiger partial charge >= 0.3 is 0 Å². The summed E-state index contributed by atoms with van der Waals surface area (Å²) in [7, 11) is 1.58. The second-order valence-electron chi connectivity index (χ2n) is 8.49. The predicted octanol–water partition coefficient (Wildman–Crippen LogP) is 4.88. The van der Waals surface area contributed by atoms with Gasteiger partial charge < -0.3 is 10.1 Å². The van der Waals surface area contributed by atoms with Crippen LogP contribution in [0.15, 0.2) is 54.9 Å². The van der Waals surface area contributed by atoms with Crippen molar-refractivity contribution in [3.05, 3.63) is 83.1 Å². The predicted molar refractivity (Wildman–Crippen MR) is 124 cm³/mol. The van der Waals surface area contributed by atoms with Gasteiger partial charge in [-0.15, -0.1) is 0 Å². The molecule has 0 aliphatic heterocycles. The van der Waals surface area contributed by atoms with Crippen molar-refractivity contribution in [2.24, 2.45) is 0 Å². The molecule has 1 aliphatic rings. The highest BCUT2D eigenvalue weighted by Crippen LogP contribution is 2.49. The van der Waals surface area contributed by atoms with E-state index in [0.717, 1.165) is 58.5 Å². The smallest absolute Gasteiger partial charge is 0.252 e. The first-order valence-corrected chi connectivity index (χ1v) is 10.8. The minimum absolute atomic E-state index is 0.152. The van der Waals surface area contributed by atoms with Crippen LogP contribution in [-0.2, 0) is 5.54 Å². The highest BCUT2D eigenvalue weighted by molar-refractivity contribution is 5.98. The Morgan fingerprint density at radius 2 is 1.82 bits per heavy atom. The van der Waals surface area contributed by atoms with E-state index in [2.05, 4.69) is 15.3 Å². The number of halogens is 1. The molecule has 2 aromatic carbocycles. The average molecular weight is 442 g/mol. The molecule has 0 spiro atoms. The number of pyridine rings is 1. The van der Waals surface area contributed by atoms with Crippen molar-refractivity contribution in [3.63, 3.8) is 0 Å². The number of nitrogens with one attached hydrogen (secondary N) is 1. The molecule has 0 saturated heterocycles. The van der Waals surface area contributed by atoms with Gasteiger partial charge in [0.15, 0.2) is 11.6 Å². The Kier molecular flexibility index (Phi) is 5.04.